The smallest absolute Gasteiger partial charge is 0.283 e. The highest BCUT2D eigenvalue weighted by Gasteiger charge is 2.11. The van der Waals surface area contributed by atoms with Crippen molar-refractivity contribution in [3.63, 3.8) is 0 Å². The second-order valence-corrected chi connectivity index (χ2v) is 6.57. The minimum absolute atomic E-state index is 0.163. The van der Waals surface area contributed by atoms with Crippen LogP contribution in [0, 0.1) is 6.92 Å². The first-order chi connectivity index (χ1) is 11.1. The molecule has 0 bridgehead atoms. The second-order valence-electron chi connectivity index (χ2n) is 5.17. The van der Waals surface area contributed by atoms with E-state index >= 15 is 0 Å². The highest BCUT2D eigenvalue weighted by molar-refractivity contribution is 7.20. The minimum atomic E-state index is -0.163. The molecule has 4 rings (SSSR count). The van der Waals surface area contributed by atoms with E-state index in [0.29, 0.717) is 26.0 Å². The van der Waals surface area contributed by atoms with E-state index in [-0.39, 0.29) is 5.56 Å². The fraction of sp³-hybridized carbons (Fsp3) is 0.0625. The normalized spacial score (nSPS) is 11.2. The third-order valence-electron chi connectivity index (χ3n) is 3.43. The molecule has 0 fully saturated rings. The second kappa shape index (κ2) is 5.33. The molecule has 1 N–H and O–H groups in total. The number of hydrogen-bond acceptors (Lipinski definition) is 5. The summed E-state index contributed by atoms with van der Waals surface area (Å²) in [6.07, 6.45) is 0. The van der Waals surface area contributed by atoms with E-state index in [0.717, 1.165) is 11.3 Å². The van der Waals surface area contributed by atoms with E-state index in [9.17, 15) is 4.79 Å². The average Bonchev–Trinajstić information content (AvgIpc) is 2.91. The number of fused-ring (bicyclic) bond motifs is 2. The molecule has 0 atom stereocenters. The average molecular weight is 343 g/mol. The Balaban J connectivity index is 1.86. The molecule has 23 heavy (non-hydrogen) atoms. The first-order valence-electron chi connectivity index (χ1n) is 6.93. The number of hydrogen-bond donors (Lipinski definition) is 1. The molecule has 0 saturated carbocycles. The van der Waals surface area contributed by atoms with Crippen molar-refractivity contribution in [3.05, 3.63) is 63.4 Å². The fourth-order valence-electron chi connectivity index (χ4n) is 2.36. The van der Waals surface area contributed by atoms with Gasteiger partial charge in [0, 0.05) is 10.7 Å². The fourth-order valence-corrected chi connectivity index (χ4v) is 3.37. The molecule has 2 aromatic heterocycles. The van der Waals surface area contributed by atoms with E-state index < -0.39 is 0 Å². The van der Waals surface area contributed by atoms with E-state index in [1.54, 1.807) is 12.1 Å². The lowest BCUT2D eigenvalue weighted by molar-refractivity contribution is 0.919. The number of benzene rings is 2. The molecule has 0 unspecified atom stereocenters. The predicted octanol–water partition coefficient (Wildman–Crippen LogP) is 4.01. The van der Waals surface area contributed by atoms with Gasteiger partial charge in [0.15, 0.2) is 0 Å². The first kappa shape index (κ1) is 14.2. The third-order valence-corrected chi connectivity index (χ3v) is 4.49. The van der Waals surface area contributed by atoms with Gasteiger partial charge in [-0.2, -0.15) is 4.52 Å². The summed E-state index contributed by atoms with van der Waals surface area (Å²) < 4.78 is 1.33. The van der Waals surface area contributed by atoms with Crippen molar-refractivity contribution < 1.29 is 0 Å². The van der Waals surface area contributed by atoms with Crippen LogP contribution in [0.4, 0.5) is 10.8 Å². The Morgan fingerprint density at radius 1 is 1.22 bits per heavy atom. The number of nitrogens with one attached hydrogen (secondary N) is 1. The van der Waals surface area contributed by atoms with Crippen LogP contribution in [0.5, 0.6) is 0 Å². The van der Waals surface area contributed by atoms with Gasteiger partial charge in [0.1, 0.15) is 0 Å². The van der Waals surface area contributed by atoms with Crippen LogP contribution >= 0.6 is 22.9 Å². The zero-order valence-electron chi connectivity index (χ0n) is 12.1. The van der Waals surface area contributed by atoms with Crippen molar-refractivity contribution in [2.75, 3.05) is 5.32 Å². The minimum Gasteiger partial charge on any atom is -0.330 e. The van der Waals surface area contributed by atoms with E-state index in [1.165, 1.54) is 15.9 Å². The summed E-state index contributed by atoms with van der Waals surface area (Å²) >= 11 is 7.29. The van der Waals surface area contributed by atoms with E-state index in [2.05, 4.69) is 15.4 Å². The summed E-state index contributed by atoms with van der Waals surface area (Å²) in [5.41, 5.74) is 2.34. The van der Waals surface area contributed by atoms with Gasteiger partial charge in [-0.15, -0.1) is 5.10 Å². The quantitative estimate of drug-likeness (QED) is 0.598. The first-order valence-corrected chi connectivity index (χ1v) is 8.12. The van der Waals surface area contributed by atoms with Gasteiger partial charge in [-0.3, -0.25) is 4.79 Å². The molecule has 0 aliphatic heterocycles. The monoisotopic (exact) mass is 342 g/mol. The summed E-state index contributed by atoms with van der Waals surface area (Å²) in [7, 11) is 0. The van der Waals surface area contributed by atoms with Crippen molar-refractivity contribution in [1.82, 2.24) is 14.6 Å². The molecule has 2 heterocycles. The molecular formula is C16H11ClN4OS. The van der Waals surface area contributed by atoms with Crippen LogP contribution in [-0.2, 0) is 0 Å². The van der Waals surface area contributed by atoms with Crippen LogP contribution in [0.25, 0.3) is 15.9 Å². The number of halogens is 1. The molecule has 0 aliphatic carbocycles. The summed E-state index contributed by atoms with van der Waals surface area (Å²) in [6.45, 7) is 1.95. The predicted molar refractivity (Wildman–Crippen MR) is 94.1 cm³/mol. The van der Waals surface area contributed by atoms with Crippen molar-refractivity contribution >= 4 is 49.6 Å². The van der Waals surface area contributed by atoms with Gasteiger partial charge < -0.3 is 5.32 Å². The molecule has 5 nitrogen and oxygen atoms in total. The Bertz CT molecular complexity index is 1100. The van der Waals surface area contributed by atoms with Crippen LogP contribution in [-0.4, -0.2) is 14.6 Å². The van der Waals surface area contributed by atoms with Gasteiger partial charge in [0.2, 0.25) is 10.1 Å². The largest absolute Gasteiger partial charge is 0.330 e. The molecule has 0 amide bonds. The van der Waals surface area contributed by atoms with Crippen LogP contribution in [0.3, 0.4) is 0 Å². The van der Waals surface area contributed by atoms with Gasteiger partial charge in [0.05, 0.1) is 10.9 Å². The maximum Gasteiger partial charge on any atom is 0.283 e. The van der Waals surface area contributed by atoms with Crippen LogP contribution in [0.2, 0.25) is 5.02 Å². The molecule has 0 saturated heterocycles. The number of anilines is 2. The van der Waals surface area contributed by atoms with Gasteiger partial charge in [-0.1, -0.05) is 40.6 Å². The Labute approximate surface area is 140 Å². The lowest BCUT2D eigenvalue weighted by Gasteiger charge is -2.01. The van der Waals surface area contributed by atoms with Crippen LogP contribution in [0.15, 0.2) is 47.3 Å². The molecule has 0 aliphatic rings. The maximum atomic E-state index is 12.6. The Hall–Kier alpha value is -2.44. The van der Waals surface area contributed by atoms with E-state index in [1.807, 2.05) is 37.3 Å². The van der Waals surface area contributed by atoms with Crippen LogP contribution in [0.1, 0.15) is 5.56 Å². The standard InChI is InChI=1S/C16H11ClN4OS/c1-9-5-6-13-12(7-9)14(22)21-16(19-13)23-15(20-21)18-11-4-2-3-10(17)8-11/h2-8H,1H3,(H,18,20). The van der Waals surface area contributed by atoms with Gasteiger partial charge in [-0.05, 0) is 37.3 Å². The molecule has 114 valence electrons. The van der Waals surface area contributed by atoms with Gasteiger partial charge in [-0.25, -0.2) is 4.98 Å². The van der Waals surface area contributed by atoms with Gasteiger partial charge in [0.25, 0.3) is 5.56 Å². The lowest BCUT2D eigenvalue weighted by Crippen LogP contribution is -2.15. The summed E-state index contributed by atoms with van der Waals surface area (Å²) in [6, 6.07) is 13.0. The summed E-state index contributed by atoms with van der Waals surface area (Å²) in [5.74, 6) is 0. The molecule has 4 aromatic rings. The van der Waals surface area contributed by atoms with Crippen LogP contribution < -0.4 is 10.9 Å². The van der Waals surface area contributed by atoms with Crippen molar-refractivity contribution in [2.45, 2.75) is 6.92 Å². The summed E-state index contributed by atoms with van der Waals surface area (Å²) in [4.78, 5) is 17.6. The molecule has 7 heteroatoms. The number of nitrogens with zero attached hydrogens (tertiary/aromatic N) is 3. The van der Waals surface area contributed by atoms with Crippen molar-refractivity contribution in [3.8, 4) is 0 Å². The number of aryl methyl sites for hydroxylation is 1. The Morgan fingerprint density at radius 2 is 2.09 bits per heavy atom. The molecule has 0 radical (unpaired) electrons. The zero-order chi connectivity index (χ0) is 16.0. The number of aromatic nitrogens is 3. The Morgan fingerprint density at radius 3 is 2.91 bits per heavy atom. The highest BCUT2D eigenvalue weighted by atomic mass is 35.5. The van der Waals surface area contributed by atoms with Gasteiger partial charge >= 0.3 is 0 Å². The Kier molecular flexibility index (Phi) is 3.28. The molecule has 0 spiro atoms. The maximum absolute atomic E-state index is 12.6. The topological polar surface area (TPSA) is 59.3 Å². The molecule has 2 aromatic carbocycles. The third kappa shape index (κ3) is 2.56. The SMILES string of the molecule is Cc1ccc2nc3sc(Nc4cccc(Cl)c4)nn3c(=O)c2c1. The molecular weight excluding hydrogens is 332 g/mol. The van der Waals surface area contributed by atoms with Crippen molar-refractivity contribution in [1.29, 1.82) is 0 Å². The number of rotatable bonds is 2. The highest BCUT2D eigenvalue weighted by Crippen LogP contribution is 2.24. The lowest BCUT2D eigenvalue weighted by atomic mass is 10.2. The summed E-state index contributed by atoms with van der Waals surface area (Å²) in [5, 5.41) is 9.26. The zero-order valence-corrected chi connectivity index (χ0v) is 13.6. The van der Waals surface area contributed by atoms with E-state index in [4.69, 9.17) is 11.6 Å². The van der Waals surface area contributed by atoms with Crippen molar-refractivity contribution in [2.24, 2.45) is 0 Å².